The van der Waals surface area contributed by atoms with E-state index in [0.29, 0.717) is 25.9 Å². The topological polar surface area (TPSA) is 134 Å². The normalized spacial score (nSPS) is 32.0. The van der Waals surface area contributed by atoms with E-state index in [2.05, 4.69) is 29.1 Å². The fraction of sp³-hybridized carbons (Fsp3) is 0.917. The number of hydrogen-bond donors (Lipinski definition) is 2. The van der Waals surface area contributed by atoms with Crippen LogP contribution in [0.4, 0.5) is 0 Å². The number of carbonyl (C=O) groups is 2. The van der Waals surface area contributed by atoms with Gasteiger partial charge in [0.1, 0.15) is 10.0 Å². The van der Waals surface area contributed by atoms with Crippen molar-refractivity contribution >= 4 is 53.6 Å². The lowest BCUT2D eigenvalue weighted by molar-refractivity contribution is -0.129. The number of rotatable bonds is 18. The molecule has 2 N–H and O–H groups in total. The van der Waals surface area contributed by atoms with Crippen LogP contribution in [0, 0.1) is 0 Å². The highest BCUT2D eigenvalue weighted by molar-refractivity contribution is 7.74. The third kappa shape index (κ3) is 8.28. The van der Waals surface area contributed by atoms with Crippen molar-refractivity contribution < 1.29 is 31.9 Å². The average molecular weight is 663 g/mol. The van der Waals surface area contributed by atoms with E-state index in [9.17, 15) is 23.3 Å². The minimum absolute atomic E-state index is 0.162. The van der Waals surface area contributed by atoms with Gasteiger partial charge < -0.3 is 0 Å². The Morgan fingerprint density at radius 1 is 0.750 bits per heavy atom. The molecule has 2 heterocycles. The third-order valence-corrected chi connectivity index (χ3v) is 18.4. The van der Waals surface area contributed by atoms with Gasteiger partial charge in [0.25, 0.3) is 0 Å². The molecule has 0 aromatic carbocycles. The van der Waals surface area contributed by atoms with Crippen LogP contribution in [0.2, 0.25) is 0 Å². The summed E-state index contributed by atoms with van der Waals surface area (Å²) in [6.45, 7) is 9.40. The van der Waals surface area contributed by atoms with Crippen LogP contribution in [0.25, 0.3) is 0 Å². The Kier molecular flexibility index (Phi) is 15.0. The molecule has 11 nitrogen and oxygen atoms in total. The standard InChI is InChI=1S/C24H51N4O7P5/c1-5-9-17-25-23(36)15-13-21(29)27(19-11-7-3)39(23,32)34-38(31)35-40(33)24(37,26-18-10-6-2)16-14-22(30)28(40)20-12-8-4/h25-26,38H,5-20,36-37H2,1-4H3. The van der Waals surface area contributed by atoms with E-state index >= 15 is 0 Å². The lowest BCUT2D eigenvalue weighted by Crippen LogP contribution is -2.51. The Morgan fingerprint density at radius 2 is 1.10 bits per heavy atom. The Balaban J connectivity index is 2.47. The van der Waals surface area contributed by atoms with Gasteiger partial charge in [-0.3, -0.25) is 43.3 Å². The van der Waals surface area contributed by atoms with Gasteiger partial charge in [0.15, 0.2) is 0 Å². The molecule has 2 saturated heterocycles. The molecule has 0 aromatic rings. The summed E-state index contributed by atoms with van der Waals surface area (Å²) in [5.74, 6) is -0.680. The van der Waals surface area contributed by atoms with E-state index in [4.69, 9.17) is 8.62 Å². The van der Waals surface area contributed by atoms with Crippen LogP contribution >= 0.6 is 41.8 Å². The van der Waals surface area contributed by atoms with E-state index in [1.165, 1.54) is 9.34 Å². The second kappa shape index (κ2) is 16.4. The van der Waals surface area contributed by atoms with Crippen LogP contribution in [0.5, 0.6) is 0 Å². The first-order chi connectivity index (χ1) is 18.9. The zero-order chi connectivity index (χ0) is 30.0. The van der Waals surface area contributed by atoms with Crippen LogP contribution < -0.4 is 10.6 Å². The number of nitrogens with zero attached hydrogens (tertiary/aromatic N) is 2. The SMILES string of the molecule is CCCCNC1(P)CCC(=O)N(CCCC)P1(=O)O[PH](=O)OP1(=O)N(CCCC)C(=O)CCC1(P)NCCCC. The molecule has 0 aliphatic carbocycles. The number of nitrogens with one attached hydrogen (secondary N) is 2. The summed E-state index contributed by atoms with van der Waals surface area (Å²) in [7, 11) is -6.95. The van der Waals surface area contributed by atoms with Gasteiger partial charge in [0, 0.05) is 25.9 Å². The molecule has 234 valence electrons. The van der Waals surface area contributed by atoms with Crippen molar-refractivity contribution in [1.82, 2.24) is 20.0 Å². The van der Waals surface area contributed by atoms with Gasteiger partial charge in [-0.05, 0) is 51.6 Å². The van der Waals surface area contributed by atoms with Crippen LogP contribution in [-0.2, 0) is 31.9 Å². The molecule has 0 saturated carbocycles. The van der Waals surface area contributed by atoms with Gasteiger partial charge in [-0.2, -0.15) is 0 Å². The van der Waals surface area contributed by atoms with E-state index < -0.39 is 33.3 Å². The van der Waals surface area contributed by atoms with Gasteiger partial charge in [-0.25, -0.2) is 8.62 Å². The van der Waals surface area contributed by atoms with Crippen molar-refractivity contribution in [2.75, 3.05) is 26.2 Å². The fourth-order valence-corrected chi connectivity index (χ4v) is 15.2. The molecule has 16 heteroatoms. The summed E-state index contributed by atoms with van der Waals surface area (Å²) in [4.78, 5) is 26.0. The number of amides is 2. The predicted octanol–water partition coefficient (Wildman–Crippen LogP) is 6.48. The molecule has 2 aliphatic rings. The van der Waals surface area contributed by atoms with Gasteiger partial charge in [0.05, 0.1) is 0 Å². The van der Waals surface area contributed by atoms with E-state index in [-0.39, 0.29) is 50.6 Å². The first-order valence-corrected chi connectivity index (χ1v) is 20.2. The zero-order valence-corrected chi connectivity index (χ0v) is 29.7. The fourth-order valence-electron chi connectivity index (χ4n) is 4.81. The highest BCUT2D eigenvalue weighted by Gasteiger charge is 2.59. The smallest absolute Gasteiger partial charge is 0.298 e. The van der Waals surface area contributed by atoms with Crippen LogP contribution in [-0.4, -0.2) is 57.4 Å². The largest absolute Gasteiger partial charge is 0.332 e. The number of unbranched alkanes of at least 4 members (excludes halogenated alkanes) is 4. The molecule has 6 atom stereocenters. The minimum atomic E-state index is -4.16. The minimum Gasteiger partial charge on any atom is -0.298 e. The van der Waals surface area contributed by atoms with Gasteiger partial charge in [-0.15, -0.1) is 18.5 Å². The Labute approximate surface area is 246 Å². The second-order valence-corrected chi connectivity index (χ2v) is 20.2. The van der Waals surface area contributed by atoms with E-state index in [0.717, 1.165) is 38.5 Å². The maximum atomic E-state index is 14.7. The Hall–Kier alpha value is 0.330. The van der Waals surface area contributed by atoms with Crippen molar-refractivity contribution in [2.24, 2.45) is 0 Å². The van der Waals surface area contributed by atoms with E-state index in [1.54, 1.807) is 0 Å². The molecule has 40 heavy (non-hydrogen) atoms. The maximum absolute atomic E-state index is 14.7. The summed E-state index contributed by atoms with van der Waals surface area (Å²) in [6.07, 6.45) is 6.86. The maximum Gasteiger partial charge on any atom is 0.332 e. The van der Waals surface area contributed by atoms with Crippen molar-refractivity contribution in [2.45, 2.75) is 115 Å². The monoisotopic (exact) mass is 662 g/mol. The Bertz CT molecular complexity index is 915. The molecule has 2 rings (SSSR count). The summed E-state index contributed by atoms with van der Waals surface area (Å²) in [5, 5.41) is 4.10. The van der Waals surface area contributed by atoms with Gasteiger partial charge in [0.2, 0.25) is 11.8 Å². The first-order valence-electron chi connectivity index (χ1n) is 14.7. The van der Waals surface area contributed by atoms with Crippen molar-refractivity contribution in [3.05, 3.63) is 0 Å². The summed E-state index contributed by atoms with van der Waals surface area (Å²) in [5.41, 5.74) is 0. The number of carbonyl (C=O) groups excluding carboxylic acids is 2. The van der Waals surface area contributed by atoms with Crippen LogP contribution in [0.15, 0.2) is 0 Å². The van der Waals surface area contributed by atoms with Crippen molar-refractivity contribution in [3.63, 3.8) is 0 Å². The summed E-state index contributed by atoms with van der Waals surface area (Å²) >= 11 is 0. The summed E-state index contributed by atoms with van der Waals surface area (Å²) in [6, 6.07) is 0. The second-order valence-electron chi connectivity index (χ2n) is 10.6. The highest BCUT2D eigenvalue weighted by Crippen LogP contribution is 2.76. The molecule has 2 aliphatic heterocycles. The molecule has 2 fully saturated rings. The molecular formula is C24H51N4O7P5. The van der Waals surface area contributed by atoms with Gasteiger partial charge in [-0.1, -0.05) is 53.4 Å². The zero-order valence-electron chi connectivity index (χ0n) is 24.6. The first kappa shape index (κ1) is 36.5. The quantitative estimate of drug-likeness (QED) is 0.125. The van der Waals surface area contributed by atoms with Crippen molar-refractivity contribution in [1.29, 1.82) is 0 Å². The third-order valence-electron chi connectivity index (χ3n) is 7.43. The van der Waals surface area contributed by atoms with Gasteiger partial charge >= 0.3 is 23.3 Å². The van der Waals surface area contributed by atoms with Crippen LogP contribution in [0.1, 0.15) is 105 Å². The molecule has 0 radical (unpaired) electrons. The highest BCUT2D eigenvalue weighted by atomic mass is 31.3. The molecule has 6 unspecified atom stereocenters. The Morgan fingerprint density at radius 3 is 1.43 bits per heavy atom. The lowest BCUT2D eigenvalue weighted by Gasteiger charge is -2.48. The van der Waals surface area contributed by atoms with E-state index in [1.807, 2.05) is 27.7 Å². The molecule has 0 bridgehead atoms. The van der Waals surface area contributed by atoms with Crippen molar-refractivity contribution in [3.8, 4) is 0 Å². The summed E-state index contributed by atoms with van der Waals surface area (Å²) < 4.78 is 57.3. The molecule has 2 amide bonds. The molecular weight excluding hydrogens is 611 g/mol. The average Bonchev–Trinajstić information content (AvgIpc) is 2.89. The lowest BCUT2D eigenvalue weighted by atomic mass is 10.2. The molecule has 0 spiro atoms. The van der Waals surface area contributed by atoms with Crippen LogP contribution in [0.3, 0.4) is 0 Å². The predicted molar refractivity (Wildman–Crippen MR) is 169 cm³/mol. The number of hydrogen-bond acceptors (Lipinski definition) is 9. The molecule has 0 aromatic heterocycles.